The lowest BCUT2D eigenvalue weighted by atomic mass is 10.0. The second kappa shape index (κ2) is 26.0. The summed E-state index contributed by atoms with van der Waals surface area (Å²) < 4.78 is 29.4. The van der Waals surface area contributed by atoms with Gasteiger partial charge in [-0.1, -0.05) is 42.5 Å². The Morgan fingerprint density at radius 1 is 0.908 bits per heavy atom. The molecule has 0 radical (unpaired) electrons. The van der Waals surface area contributed by atoms with Gasteiger partial charge in [0.25, 0.3) is 0 Å². The fourth-order valence-corrected chi connectivity index (χ4v) is 8.61. The van der Waals surface area contributed by atoms with E-state index in [9.17, 15) is 37.5 Å². The number of nitrogens with two attached hydrogens (primary N) is 5. The Labute approximate surface area is 378 Å². The molecule has 23 heteroatoms. The van der Waals surface area contributed by atoms with Gasteiger partial charge in [0.05, 0.1) is 35.8 Å². The molecule has 0 saturated carbocycles. The number of nitrogens with one attached hydrogen (secondary N) is 5. The van der Waals surface area contributed by atoms with Crippen LogP contribution in [0, 0.1) is 0 Å². The summed E-state index contributed by atoms with van der Waals surface area (Å²) >= 11 is 0. The van der Waals surface area contributed by atoms with E-state index in [1.54, 1.807) is 48.7 Å². The third-order valence-electron chi connectivity index (χ3n) is 10.6. The van der Waals surface area contributed by atoms with Crippen molar-refractivity contribution in [1.82, 2.24) is 35.9 Å². The van der Waals surface area contributed by atoms with E-state index in [1.165, 1.54) is 17.2 Å². The number of likely N-dealkylation sites (tertiary alicyclic amines) is 1. The zero-order valence-corrected chi connectivity index (χ0v) is 37.0. The first-order chi connectivity index (χ1) is 31.1. The number of aromatic nitrogens is 1. The molecule has 1 unspecified atom stereocenters. The summed E-state index contributed by atoms with van der Waals surface area (Å²) in [6, 6.07) is 10.1. The lowest BCUT2D eigenvalue weighted by molar-refractivity contribution is -0.140. The molecule has 0 spiro atoms. The second-order valence-corrected chi connectivity index (χ2v) is 17.3. The number of carbonyl (C=O) groups excluding carboxylic acids is 5. The quantitative estimate of drug-likeness (QED) is 0.0115. The van der Waals surface area contributed by atoms with E-state index >= 15 is 0 Å². The minimum atomic E-state index is -4.04. The van der Waals surface area contributed by atoms with E-state index in [1.807, 2.05) is 6.07 Å². The predicted octanol–water partition coefficient (Wildman–Crippen LogP) is -2.82. The molecular weight excluding hydrogens is 861 g/mol. The number of rotatable bonds is 28. The van der Waals surface area contributed by atoms with Crippen LogP contribution in [-0.2, 0) is 40.4 Å². The number of benzene rings is 2. The highest BCUT2D eigenvalue weighted by atomic mass is 32.2. The molecule has 2 heterocycles. The van der Waals surface area contributed by atoms with Crippen molar-refractivity contribution in [1.29, 1.82) is 0 Å². The lowest BCUT2D eigenvalue weighted by Crippen LogP contribution is -2.58. The molecule has 1 fully saturated rings. The molecule has 65 heavy (non-hydrogen) atoms. The summed E-state index contributed by atoms with van der Waals surface area (Å²) in [6.07, 6.45) is 4.18. The van der Waals surface area contributed by atoms with Crippen LogP contribution in [0.4, 0.5) is 0 Å². The third-order valence-corrected chi connectivity index (χ3v) is 12.1. The molecule has 3 amide bonds. The van der Waals surface area contributed by atoms with E-state index in [4.69, 9.17) is 28.7 Å². The van der Waals surface area contributed by atoms with Crippen LogP contribution in [0.2, 0.25) is 0 Å². The molecule has 1 aliphatic heterocycles. The SMILES string of the molecule is NC(N)=NCCC[C@H](NC(=O)[C@@H]1CCCN1C(=O)[C@@H](N)CCCN=C(N)N)C(=O)CC(NCCNS(=O)(=O)c1cccc2cnccc12)N[C@@H](CO)C(=O)N[C@@H](C=O)Cc1ccccc1. The first-order valence-corrected chi connectivity index (χ1v) is 22.8. The minimum Gasteiger partial charge on any atom is -0.394 e. The van der Waals surface area contributed by atoms with Crippen molar-refractivity contribution in [2.45, 2.75) is 92.6 Å². The Morgan fingerprint density at radius 2 is 1.62 bits per heavy atom. The van der Waals surface area contributed by atoms with Crippen LogP contribution in [0.3, 0.4) is 0 Å². The molecule has 0 bridgehead atoms. The van der Waals surface area contributed by atoms with Crippen molar-refractivity contribution in [2.75, 3.05) is 39.3 Å². The molecule has 0 aliphatic carbocycles. The largest absolute Gasteiger partial charge is 0.394 e. The molecule has 16 N–H and O–H groups in total. The Kier molecular flexibility index (Phi) is 20.6. The molecule has 3 aromatic rings. The number of guanidine groups is 2. The maximum absolute atomic E-state index is 14.3. The number of nitrogens with zero attached hydrogens (tertiary/aromatic N) is 4. The smallest absolute Gasteiger partial charge is 0.243 e. The molecule has 1 saturated heterocycles. The highest BCUT2D eigenvalue weighted by Crippen LogP contribution is 2.22. The Balaban J connectivity index is 1.52. The van der Waals surface area contributed by atoms with E-state index in [-0.39, 0.29) is 75.2 Å². The summed E-state index contributed by atoms with van der Waals surface area (Å²) in [5.41, 5.74) is 28.8. The third kappa shape index (κ3) is 16.4. The van der Waals surface area contributed by atoms with Crippen LogP contribution < -0.4 is 54.7 Å². The number of fused-ring (bicyclic) bond motifs is 1. The van der Waals surface area contributed by atoms with Gasteiger partial charge in [-0.25, -0.2) is 13.1 Å². The summed E-state index contributed by atoms with van der Waals surface area (Å²) in [7, 11) is -4.04. The van der Waals surface area contributed by atoms with Gasteiger partial charge in [-0.05, 0) is 62.6 Å². The van der Waals surface area contributed by atoms with Crippen LogP contribution in [0.1, 0.15) is 50.5 Å². The topological polar surface area (TPSA) is 371 Å². The molecule has 4 rings (SSSR count). The van der Waals surface area contributed by atoms with Crippen molar-refractivity contribution in [2.24, 2.45) is 38.7 Å². The van der Waals surface area contributed by atoms with E-state index < -0.39 is 82.9 Å². The zero-order chi connectivity index (χ0) is 47.4. The van der Waals surface area contributed by atoms with Crippen LogP contribution >= 0.6 is 0 Å². The number of amides is 3. The Hall–Kier alpha value is -6.11. The fourth-order valence-electron chi connectivity index (χ4n) is 7.35. The van der Waals surface area contributed by atoms with Crippen LogP contribution in [0.5, 0.6) is 0 Å². The maximum Gasteiger partial charge on any atom is 0.243 e. The molecule has 22 nitrogen and oxygen atoms in total. The number of Topliss-reactive ketones (excluding diaryl/α,β-unsaturated/α-hetero) is 1. The number of hydrogen-bond donors (Lipinski definition) is 11. The van der Waals surface area contributed by atoms with Gasteiger partial charge in [0.2, 0.25) is 27.7 Å². The highest BCUT2D eigenvalue weighted by molar-refractivity contribution is 7.89. The van der Waals surface area contributed by atoms with Crippen molar-refractivity contribution >= 4 is 62.5 Å². The van der Waals surface area contributed by atoms with Crippen LogP contribution in [-0.4, -0.2) is 141 Å². The molecule has 354 valence electrons. The molecule has 1 aromatic heterocycles. The number of aldehydes is 1. The number of aliphatic hydroxyl groups is 1. The standard InChI is InChI=1S/C42H62N14O8S/c43-31(11-5-16-50-41(44)45)40(62)56-21-7-13-34(56)39(61)55-32(12-6-17-51-42(46)47)35(59)23-37(54-33(26-58)38(60)53-29(25-57)22-27-8-2-1-3-9-27)49-19-20-52-65(63,64)36-14-4-10-28-24-48-18-15-30(28)36/h1-4,8-10,14-15,18,24-25,29,31-34,37,49,52,54,58H,5-7,11-13,16-17,19-23,26,43H2,(H,53,60)(H,55,61)(H4,44,45,50)(H4,46,47,51)/t29-,31+,32+,33+,34+,37?/m1/s1. The van der Waals surface area contributed by atoms with Gasteiger partial charge >= 0.3 is 0 Å². The van der Waals surface area contributed by atoms with Crippen molar-refractivity contribution < 1.29 is 37.5 Å². The van der Waals surface area contributed by atoms with Gasteiger partial charge < -0.3 is 59.4 Å². The predicted molar refractivity (Wildman–Crippen MR) is 245 cm³/mol. The zero-order valence-electron chi connectivity index (χ0n) is 36.2. The average Bonchev–Trinajstić information content (AvgIpc) is 3.79. The van der Waals surface area contributed by atoms with Crippen molar-refractivity contribution in [3.05, 3.63) is 72.6 Å². The number of carbonyl (C=O) groups is 5. The number of sulfonamides is 1. The average molecular weight is 923 g/mol. The summed E-state index contributed by atoms with van der Waals surface area (Å²) in [4.78, 5) is 80.5. The molecular formula is C42H62N14O8S. The highest BCUT2D eigenvalue weighted by Gasteiger charge is 2.38. The maximum atomic E-state index is 14.3. The van der Waals surface area contributed by atoms with Gasteiger partial charge in [0.15, 0.2) is 17.7 Å². The fraction of sp³-hybridized carbons (Fsp3) is 0.476. The summed E-state index contributed by atoms with van der Waals surface area (Å²) in [5.74, 6) is -2.52. The second-order valence-electron chi connectivity index (χ2n) is 15.5. The summed E-state index contributed by atoms with van der Waals surface area (Å²) in [5, 5.41) is 22.9. The monoisotopic (exact) mass is 922 g/mol. The number of ketones is 1. The van der Waals surface area contributed by atoms with Crippen LogP contribution in [0.15, 0.2) is 81.9 Å². The number of pyridine rings is 1. The van der Waals surface area contributed by atoms with Gasteiger partial charge in [-0.3, -0.25) is 39.5 Å². The lowest BCUT2D eigenvalue weighted by Gasteiger charge is -2.29. The minimum absolute atomic E-state index is 0.0335. The number of aliphatic imine (C=N–C) groups is 2. The first-order valence-electron chi connectivity index (χ1n) is 21.4. The van der Waals surface area contributed by atoms with Gasteiger partial charge in [-0.2, -0.15) is 0 Å². The summed E-state index contributed by atoms with van der Waals surface area (Å²) in [6.45, 7) is -0.313. The van der Waals surface area contributed by atoms with E-state index in [0.29, 0.717) is 36.3 Å². The molecule has 6 atom stereocenters. The van der Waals surface area contributed by atoms with Gasteiger partial charge in [-0.15, -0.1) is 0 Å². The van der Waals surface area contributed by atoms with E-state index in [0.717, 1.165) is 5.56 Å². The number of hydrogen-bond acceptors (Lipinski definition) is 14. The van der Waals surface area contributed by atoms with Crippen molar-refractivity contribution in [3.8, 4) is 0 Å². The van der Waals surface area contributed by atoms with Gasteiger partial charge in [0.1, 0.15) is 18.4 Å². The normalized spacial score (nSPS) is 16.1. The molecule has 1 aliphatic rings. The van der Waals surface area contributed by atoms with Gasteiger partial charge in [0, 0.05) is 62.3 Å². The van der Waals surface area contributed by atoms with Crippen molar-refractivity contribution in [3.63, 3.8) is 0 Å². The Bertz CT molecular complexity index is 2220. The first kappa shape index (κ1) is 51.5. The Morgan fingerprint density at radius 3 is 2.29 bits per heavy atom. The molecule has 2 aromatic carbocycles. The van der Waals surface area contributed by atoms with E-state index in [2.05, 4.69) is 41.0 Å². The van der Waals surface area contributed by atoms with Crippen LogP contribution in [0.25, 0.3) is 10.8 Å². The number of aliphatic hydroxyl groups excluding tert-OH is 1.